The molecule has 2 rings (SSSR count). The van der Waals surface area contributed by atoms with Crippen LogP contribution in [0, 0.1) is 12.8 Å². The Kier molecular flexibility index (Phi) is 3.88. The Labute approximate surface area is 109 Å². The molecule has 96 valence electrons. The van der Waals surface area contributed by atoms with E-state index >= 15 is 0 Å². The van der Waals surface area contributed by atoms with Crippen LogP contribution >= 0.6 is 11.3 Å². The molecule has 0 radical (unpaired) electrons. The fraction of sp³-hybridized carbons (Fsp3) is 0.786. The zero-order valence-electron chi connectivity index (χ0n) is 11.4. The Balaban J connectivity index is 2.36. The summed E-state index contributed by atoms with van der Waals surface area (Å²) in [5, 5.41) is 7.33. The Morgan fingerprint density at radius 3 is 2.88 bits per heavy atom. The van der Waals surface area contributed by atoms with E-state index in [1.54, 1.807) is 0 Å². The maximum Gasteiger partial charge on any atom is 0.113 e. The van der Waals surface area contributed by atoms with Gasteiger partial charge in [0.15, 0.2) is 0 Å². The van der Waals surface area contributed by atoms with Gasteiger partial charge in [0.1, 0.15) is 5.01 Å². The summed E-state index contributed by atoms with van der Waals surface area (Å²) >= 11 is 1.83. The van der Waals surface area contributed by atoms with Crippen molar-refractivity contribution in [3.63, 3.8) is 0 Å². The molecule has 3 heteroatoms. The topological polar surface area (TPSA) is 24.9 Å². The van der Waals surface area contributed by atoms with Gasteiger partial charge < -0.3 is 5.32 Å². The third-order valence-corrected chi connectivity index (χ3v) is 5.00. The maximum atomic E-state index is 4.77. The zero-order valence-corrected chi connectivity index (χ0v) is 12.2. The molecule has 1 saturated carbocycles. The van der Waals surface area contributed by atoms with Crippen molar-refractivity contribution >= 4 is 11.3 Å². The number of rotatable bonds is 4. The number of hydrogen-bond acceptors (Lipinski definition) is 3. The zero-order chi connectivity index (χ0) is 12.5. The Morgan fingerprint density at radius 2 is 2.35 bits per heavy atom. The van der Waals surface area contributed by atoms with Gasteiger partial charge in [-0.1, -0.05) is 19.8 Å². The molecule has 0 saturated heterocycles. The Morgan fingerprint density at radius 1 is 1.59 bits per heavy atom. The van der Waals surface area contributed by atoms with E-state index < -0.39 is 0 Å². The summed E-state index contributed by atoms with van der Waals surface area (Å²) in [4.78, 5) is 4.77. The molecule has 0 amide bonds. The highest BCUT2D eigenvalue weighted by atomic mass is 32.1. The summed E-state index contributed by atoms with van der Waals surface area (Å²) in [6, 6.07) is 0.520. The first-order chi connectivity index (χ1) is 8.08. The predicted octanol–water partition coefficient (Wildman–Crippen LogP) is 3.85. The minimum Gasteiger partial charge on any atom is -0.303 e. The van der Waals surface area contributed by atoms with E-state index in [-0.39, 0.29) is 5.54 Å². The highest BCUT2D eigenvalue weighted by molar-refractivity contribution is 7.09. The van der Waals surface area contributed by atoms with Crippen molar-refractivity contribution < 1.29 is 0 Å². The van der Waals surface area contributed by atoms with Gasteiger partial charge >= 0.3 is 0 Å². The van der Waals surface area contributed by atoms with Crippen molar-refractivity contribution in [1.29, 1.82) is 0 Å². The van der Waals surface area contributed by atoms with Crippen LogP contribution in [-0.2, 0) is 5.54 Å². The third-order valence-electron chi connectivity index (χ3n) is 3.86. The summed E-state index contributed by atoms with van der Waals surface area (Å²) in [6.07, 6.45) is 5.17. The van der Waals surface area contributed by atoms with E-state index in [0.717, 1.165) is 11.6 Å². The molecular weight excluding hydrogens is 228 g/mol. The van der Waals surface area contributed by atoms with Crippen molar-refractivity contribution in [3.8, 4) is 0 Å². The van der Waals surface area contributed by atoms with Gasteiger partial charge in [0.05, 0.1) is 5.54 Å². The molecule has 2 nitrogen and oxygen atoms in total. The molecule has 0 aromatic carbocycles. The average Bonchev–Trinajstić information content (AvgIpc) is 2.84. The lowest BCUT2D eigenvalue weighted by molar-refractivity contribution is 0.221. The molecular formula is C14H24N2S. The molecule has 2 unspecified atom stereocenters. The summed E-state index contributed by atoms with van der Waals surface area (Å²) in [6.45, 7) is 8.90. The van der Waals surface area contributed by atoms with Crippen molar-refractivity contribution in [2.75, 3.05) is 0 Å². The second kappa shape index (κ2) is 5.07. The normalized spacial score (nSPS) is 29.1. The molecule has 2 atom stereocenters. The van der Waals surface area contributed by atoms with Crippen LogP contribution in [-0.4, -0.2) is 11.0 Å². The molecule has 0 aliphatic heterocycles. The maximum absolute atomic E-state index is 4.77. The van der Waals surface area contributed by atoms with Gasteiger partial charge in [0, 0.05) is 17.1 Å². The van der Waals surface area contributed by atoms with Crippen molar-refractivity contribution in [2.24, 2.45) is 5.92 Å². The van der Waals surface area contributed by atoms with Gasteiger partial charge in [-0.3, -0.25) is 0 Å². The Hall–Kier alpha value is -0.410. The summed E-state index contributed by atoms with van der Waals surface area (Å²) in [5.41, 5.74) is 1.32. The molecule has 1 aliphatic carbocycles. The minimum absolute atomic E-state index is 0.155. The largest absolute Gasteiger partial charge is 0.303 e. The van der Waals surface area contributed by atoms with Crippen LogP contribution in [0.4, 0.5) is 0 Å². The summed E-state index contributed by atoms with van der Waals surface area (Å²) in [5.74, 6) is 0.746. The van der Waals surface area contributed by atoms with Crippen LogP contribution < -0.4 is 5.32 Å². The molecule has 0 bridgehead atoms. The predicted molar refractivity (Wildman–Crippen MR) is 74.4 cm³/mol. The summed E-state index contributed by atoms with van der Waals surface area (Å²) in [7, 11) is 0. The van der Waals surface area contributed by atoms with Gasteiger partial charge in [-0.05, 0) is 39.5 Å². The van der Waals surface area contributed by atoms with Crippen molar-refractivity contribution in [1.82, 2.24) is 10.3 Å². The lowest BCUT2D eigenvalue weighted by atomic mass is 9.85. The fourth-order valence-corrected chi connectivity index (χ4v) is 4.31. The van der Waals surface area contributed by atoms with Crippen LogP contribution in [0.3, 0.4) is 0 Å². The Bertz CT molecular complexity index is 372. The van der Waals surface area contributed by atoms with E-state index in [1.165, 1.54) is 30.7 Å². The van der Waals surface area contributed by atoms with Crippen LogP contribution in [0.15, 0.2) is 5.38 Å². The molecule has 1 heterocycles. The van der Waals surface area contributed by atoms with Gasteiger partial charge in [0.2, 0.25) is 0 Å². The second-order valence-corrected chi connectivity index (χ2v) is 6.42. The number of hydrogen-bond donors (Lipinski definition) is 1. The lowest BCUT2D eigenvalue weighted by Crippen LogP contribution is -2.48. The molecule has 1 N–H and O–H groups in total. The average molecular weight is 252 g/mol. The van der Waals surface area contributed by atoms with Gasteiger partial charge in [-0.15, -0.1) is 11.3 Å². The van der Waals surface area contributed by atoms with E-state index in [0.29, 0.717) is 6.04 Å². The smallest absolute Gasteiger partial charge is 0.113 e. The van der Waals surface area contributed by atoms with Crippen molar-refractivity contribution in [2.45, 2.75) is 65.0 Å². The monoisotopic (exact) mass is 252 g/mol. The van der Waals surface area contributed by atoms with Crippen molar-refractivity contribution in [3.05, 3.63) is 16.1 Å². The molecule has 17 heavy (non-hydrogen) atoms. The molecule has 1 aromatic rings. The molecule has 1 fully saturated rings. The van der Waals surface area contributed by atoms with E-state index in [1.807, 2.05) is 11.3 Å². The minimum atomic E-state index is 0.155. The van der Waals surface area contributed by atoms with E-state index in [2.05, 4.69) is 38.4 Å². The molecule has 1 aliphatic rings. The van der Waals surface area contributed by atoms with Crippen LogP contribution in [0.2, 0.25) is 0 Å². The SMILES string of the molecule is CCC1CCCC1(NC(C)C)c1nc(C)cs1. The highest BCUT2D eigenvalue weighted by Gasteiger charge is 2.45. The third kappa shape index (κ3) is 2.41. The quantitative estimate of drug-likeness (QED) is 0.880. The number of thiazole rings is 1. The van der Waals surface area contributed by atoms with Crippen LogP contribution in [0.5, 0.6) is 0 Å². The molecule has 0 spiro atoms. The first kappa shape index (κ1) is 13.0. The number of aromatic nitrogens is 1. The van der Waals surface area contributed by atoms with Gasteiger partial charge in [-0.2, -0.15) is 0 Å². The fourth-order valence-electron chi connectivity index (χ4n) is 3.24. The summed E-state index contributed by atoms with van der Waals surface area (Å²) < 4.78 is 0. The van der Waals surface area contributed by atoms with E-state index in [4.69, 9.17) is 4.98 Å². The highest BCUT2D eigenvalue weighted by Crippen LogP contribution is 2.46. The van der Waals surface area contributed by atoms with Gasteiger partial charge in [0.25, 0.3) is 0 Å². The number of nitrogens with one attached hydrogen (secondary N) is 1. The number of nitrogens with zero attached hydrogens (tertiary/aromatic N) is 1. The van der Waals surface area contributed by atoms with E-state index in [9.17, 15) is 0 Å². The molecule has 1 aromatic heterocycles. The second-order valence-electron chi connectivity index (χ2n) is 5.56. The standard InChI is InChI=1S/C14H24N2S/c1-5-12-7-6-8-14(12,16-10(2)3)13-15-11(4)9-17-13/h9-10,12,16H,5-8H2,1-4H3. The van der Waals surface area contributed by atoms with Crippen LogP contribution in [0.25, 0.3) is 0 Å². The van der Waals surface area contributed by atoms with Crippen LogP contribution in [0.1, 0.15) is 57.2 Å². The first-order valence-electron chi connectivity index (χ1n) is 6.78. The van der Waals surface area contributed by atoms with Gasteiger partial charge in [-0.25, -0.2) is 4.98 Å². The number of aryl methyl sites for hydroxylation is 1. The first-order valence-corrected chi connectivity index (χ1v) is 7.66. The lowest BCUT2D eigenvalue weighted by Gasteiger charge is -2.36.